The van der Waals surface area contributed by atoms with Crippen LogP contribution in [0.15, 0.2) is 6.07 Å². The van der Waals surface area contributed by atoms with E-state index in [2.05, 4.69) is 27.5 Å². The van der Waals surface area contributed by atoms with Gasteiger partial charge < -0.3 is 10.2 Å². The molecule has 0 spiro atoms. The summed E-state index contributed by atoms with van der Waals surface area (Å²) in [5, 5.41) is 10.2. The van der Waals surface area contributed by atoms with Gasteiger partial charge >= 0.3 is 0 Å². The molecule has 0 saturated heterocycles. The fraction of sp³-hybridized carbons (Fsp3) is 0.545. The van der Waals surface area contributed by atoms with Gasteiger partial charge in [0, 0.05) is 19.1 Å². The van der Waals surface area contributed by atoms with Crippen molar-refractivity contribution in [2.45, 2.75) is 18.9 Å². The zero-order valence-corrected chi connectivity index (χ0v) is 11.5. The van der Waals surface area contributed by atoms with E-state index in [1.165, 1.54) is 18.9 Å². The Morgan fingerprint density at radius 1 is 1.50 bits per heavy atom. The second-order valence-corrected chi connectivity index (χ2v) is 5.08. The van der Waals surface area contributed by atoms with Crippen LogP contribution in [0.25, 0.3) is 0 Å². The summed E-state index contributed by atoms with van der Waals surface area (Å²) in [6.07, 6.45) is 2.50. The molecular formula is C11H14Cl2N4O. The molecule has 0 aliphatic heterocycles. The molecule has 1 fully saturated rings. The summed E-state index contributed by atoms with van der Waals surface area (Å²) in [4.78, 5) is 14.1. The quantitative estimate of drug-likeness (QED) is 0.894. The average molecular weight is 289 g/mol. The highest BCUT2D eigenvalue weighted by atomic mass is 35.5. The van der Waals surface area contributed by atoms with E-state index in [1.54, 1.807) is 0 Å². The number of aromatic nitrogens is 2. The number of halogens is 2. The van der Waals surface area contributed by atoms with Crippen molar-refractivity contribution in [3.8, 4) is 0 Å². The van der Waals surface area contributed by atoms with Gasteiger partial charge in [0.2, 0.25) is 0 Å². The summed E-state index contributed by atoms with van der Waals surface area (Å²) in [6.45, 7) is 1.39. The number of amides is 1. The lowest BCUT2D eigenvalue weighted by atomic mass is 10.3. The Kier molecular flexibility index (Phi) is 4.37. The van der Waals surface area contributed by atoms with Crippen molar-refractivity contribution in [2.75, 3.05) is 20.1 Å². The van der Waals surface area contributed by atoms with Gasteiger partial charge in [-0.05, 0) is 26.0 Å². The third-order valence-corrected chi connectivity index (χ3v) is 3.35. The first-order valence-corrected chi connectivity index (χ1v) is 6.50. The summed E-state index contributed by atoms with van der Waals surface area (Å²) in [5.41, 5.74) is 0.255. The van der Waals surface area contributed by atoms with Crippen LogP contribution in [-0.2, 0) is 0 Å². The molecule has 0 aromatic carbocycles. The summed E-state index contributed by atoms with van der Waals surface area (Å²) < 4.78 is 0. The van der Waals surface area contributed by atoms with Crippen LogP contribution in [0.5, 0.6) is 0 Å². The molecular weight excluding hydrogens is 275 g/mol. The second-order valence-electron chi connectivity index (χ2n) is 4.34. The smallest absolute Gasteiger partial charge is 0.254 e. The Morgan fingerprint density at radius 3 is 2.89 bits per heavy atom. The normalized spacial score (nSPS) is 14.9. The van der Waals surface area contributed by atoms with Gasteiger partial charge in [0.05, 0.1) is 5.56 Å². The second kappa shape index (κ2) is 5.82. The van der Waals surface area contributed by atoms with E-state index in [4.69, 9.17) is 23.2 Å². The van der Waals surface area contributed by atoms with Gasteiger partial charge in [-0.2, -0.15) is 0 Å². The van der Waals surface area contributed by atoms with Crippen LogP contribution in [-0.4, -0.2) is 47.2 Å². The summed E-state index contributed by atoms with van der Waals surface area (Å²) in [7, 11) is 2.06. The largest absolute Gasteiger partial charge is 0.351 e. The first-order valence-electron chi connectivity index (χ1n) is 5.75. The van der Waals surface area contributed by atoms with Crippen LogP contribution >= 0.6 is 23.2 Å². The van der Waals surface area contributed by atoms with E-state index in [1.807, 2.05) is 0 Å². The Bertz CT molecular complexity index is 451. The molecule has 1 aliphatic carbocycles. The van der Waals surface area contributed by atoms with Gasteiger partial charge in [-0.3, -0.25) is 4.79 Å². The molecule has 7 heteroatoms. The lowest BCUT2D eigenvalue weighted by Gasteiger charge is -2.15. The fourth-order valence-electron chi connectivity index (χ4n) is 1.65. The van der Waals surface area contributed by atoms with Gasteiger partial charge in [-0.25, -0.2) is 0 Å². The Balaban J connectivity index is 1.85. The number of hydrogen-bond acceptors (Lipinski definition) is 4. The molecule has 5 nitrogen and oxygen atoms in total. The molecule has 1 aromatic rings. The zero-order chi connectivity index (χ0) is 13.1. The highest BCUT2D eigenvalue weighted by Crippen LogP contribution is 2.24. The molecule has 1 saturated carbocycles. The van der Waals surface area contributed by atoms with E-state index >= 15 is 0 Å². The Labute approximate surface area is 115 Å². The number of carbonyl (C=O) groups is 1. The molecule has 98 valence electrons. The molecule has 1 aliphatic rings. The topological polar surface area (TPSA) is 58.1 Å². The van der Waals surface area contributed by atoms with Gasteiger partial charge in [-0.1, -0.05) is 23.2 Å². The minimum atomic E-state index is -0.277. The maximum absolute atomic E-state index is 11.8. The summed E-state index contributed by atoms with van der Waals surface area (Å²) >= 11 is 11.5. The first-order chi connectivity index (χ1) is 8.58. The molecule has 0 radical (unpaired) electrons. The van der Waals surface area contributed by atoms with Crippen LogP contribution in [0.4, 0.5) is 0 Å². The van der Waals surface area contributed by atoms with Gasteiger partial charge in [0.1, 0.15) is 0 Å². The number of rotatable bonds is 5. The third kappa shape index (κ3) is 3.54. The first kappa shape index (κ1) is 13.5. The van der Waals surface area contributed by atoms with Crippen molar-refractivity contribution < 1.29 is 4.79 Å². The maximum Gasteiger partial charge on any atom is 0.254 e. The van der Waals surface area contributed by atoms with Crippen LogP contribution < -0.4 is 5.32 Å². The lowest BCUT2D eigenvalue weighted by Crippen LogP contribution is -2.34. The minimum absolute atomic E-state index is 0.0625. The number of nitrogens with zero attached hydrogens (tertiary/aromatic N) is 3. The van der Waals surface area contributed by atoms with Gasteiger partial charge in [-0.15, -0.1) is 10.2 Å². The van der Waals surface area contributed by atoms with E-state index < -0.39 is 0 Å². The predicted octanol–water partition coefficient (Wildman–Crippen LogP) is 1.61. The highest BCUT2D eigenvalue weighted by Gasteiger charge is 2.25. The maximum atomic E-state index is 11.8. The number of likely N-dealkylation sites (N-methyl/N-ethyl adjacent to an activating group) is 1. The fourth-order valence-corrected chi connectivity index (χ4v) is 1.98. The summed E-state index contributed by atoms with van der Waals surface area (Å²) in [6, 6.07) is 2.10. The average Bonchev–Trinajstić information content (AvgIpc) is 3.16. The molecule has 2 rings (SSSR count). The van der Waals surface area contributed by atoms with Crippen molar-refractivity contribution in [1.82, 2.24) is 20.4 Å². The molecule has 1 aromatic heterocycles. The van der Waals surface area contributed by atoms with Gasteiger partial charge in [0.25, 0.3) is 5.91 Å². The van der Waals surface area contributed by atoms with E-state index in [0.29, 0.717) is 12.6 Å². The Morgan fingerprint density at radius 2 is 2.22 bits per heavy atom. The van der Waals surface area contributed by atoms with Crippen molar-refractivity contribution in [1.29, 1.82) is 0 Å². The molecule has 1 heterocycles. The minimum Gasteiger partial charge on any atom is -0.351 e. The van der Waals surface area contributed by atoms with Crippen LogP contribution in [0.1, 0.15) is 23.2 Å². The standard InChI is InChI=1S/C11H14Cl2N4O/c1-17(7-2-3-7)5-4-14-11(18)8-6-9(12)15-16-10(8)13/h6-7H,2-5H2,1H3,(H,14,18). The van der Waals surface area contributed by atoms with Crippen molar-refractivity contribution >= 4 is 29.1 Å². The zero-order valence-electron chi connectivity index (χ0n) is 9.99. The summed E-state index contributed by atoms with van der Waals surface area (Å²) in [5.74, 6) is -0.277. The molecule has 0 atom stereocenters. The number of nitrogens with one attached hydrogen (secondary N) is 1. The Hall–Kier alpha value is -0.910. The van der Waals surface area contributed by atoms with E-state index in [-0.39, 0.29) is 21.8 Å². The van der Waals surface area contributed by atoms with Crippen LogP contribution in [0.3, 0.4) is 0 Å². The van der Waals surface area contributed by atoms with Crippen molar-refractivity contribution in [3.63, 3.8) is 0 Å². The molecule has 0 unspecified atom stereocenters. The van der Waals surface area contributed by atoms with Crippen LogP contribution in [0, 0.1) is 0 Å². The van der Waals surface area contributed by atoms with Crippen molar-refractivity contribution in [3.05, 3.63) is 21.9 Å². The molecule has 18 heavy (non-hydrogen) atoms. The molecule has 0 bridgehead atoms. The predicted molar refractivity (Wildman–Crippen MR) is 70.0 cm³/mol. The number of carbonyl (C=O) groups excluding carboxylic acids is 1. The number of hydrogen-bond donors (Lipinski definition) is 1. The van der Waals surface area contributed by atoms with Crippen LogP contribution in [0.2, 0.25) is 10.3 Å². The van der Waals surface area contributed by atoms with E-state index in [0.717, 1.165) is 6.54 Å². The van der Waals surface area contributed by atoms with Gasteiger partial charge in [0.15, 0.2) is 10.3 Å². The van der Waals surface area contributed by atoms with E-state index in [9.17, 15) is 4.79 Å². The SMILES string of the molecule is CN(CCNC(=O)c1cc(Cl)nnc1Cl)C1CC1. The monoisotopic (exact) mass is 288 g/mol. The molecule has 1 N–H and O–H groups in total. The lowest BCUT2D eigenvalue weighted by molar-refractivity contribution is 0.0949. The van der Waals surface area contributed by atoms with Crippen molar-refractivity contribution in [2.24, 2.45) is 0 Å². The third-order valence-electron chi connectivity index (χ3n) is 2.88. The highest BCUT2D eigenvalue weighted by molar-refractivity contribution is 6.34. The molecule has 1 amide bonds.